The van der Waals surface area contributed by atoms with Gasteiger partial charge in [0.15, 0.2) is 0 Å². The van der Waals surface area contributed by atoms with Crippen molar-refractivity contribution in [2.75, 3.05) is 54.0 Å². The number of ether oxygens (including phenoxy) is 1. The van der Waals surface area contributed by atoms with E-state index in [9.17, 15) is 19.5 Å². The van der Waals surface area contributed by atoms with E-state index in [-0.39, 0.29) is 30.9 Å². The van der Waals surface area contributed by atoms with Gasteiger partial charge in [-0.2, -0.15) is 0 Å². The molecule has 0 aliphatic carbocycles. The van der Waals surface area contributed by atoms with Crippen LogP contribution in [0, 0.1) is 11.8 Å². The molecule has 45 heavy (non-hydrogen) atoms. The number of carbonyl (C=O) groups is 3. The van der Waals surface area contributed by atoms with Gasteiger partial charge in [0.05, 0.1) is 17.9 Å². The number of nitrogens with zero attached hydrogens (tertiary/aromatic N) is 4. The predicted octanol–water partition coefficient (Wildman–Crippen LogP) is 4.42. The Kier molecular flexibility index (Phi) is 10.1. The van der Waals surface area contributed by atoms with Crippen LogP contribution in [-0.2, 0) is 19.1 Å². The molecule has 2 aromatic carbocycles. The van der Waals surface area contributed by atoms with Gasteiger partial charge < -0.3 is 29.4 Å². The molecule has 3 amide bonds. The van der Waals surface area contributed by atoms with Gasteiger partial charge in [-0.3, -0.25) is 14.4 Å². The fourth-order valence-electron chi connectivity index (χ4n) is 7.62. The minimum atomic E-state index is -1.12. The quantitative estimate of drug-likeness (QED) is 0.236. The second-order valence-electron chi connectivity index (χ2n) is 12.0. The van der Waals surface area contributed by atoms with Gasteiger partial charge in [-0.15, -0.1) is 13.2 Å². The van der Waals surface area contributed by atoms with E-state index in [0.29, 0.717) is 44.5 Å². The minimum Gasteiger partial charge on any atom is -0.396 e. The van der Waals surface area contributed by atoms with Crippen LogP contribution in [0.2, 0.25) is 0 Å². The fourth-order valence-corrected chi connectivity index (χ4v) is 7.62. The van der Waals surface area contributed by atoms with E-state index in [1.807, 2.05) is 54.6 Å². The van der Waals surface area contributed by atoms with Gasteiger partial charge in [-0.05, 0) is 75.9 Å². The van der Waals surface area contributed by atoms with Crippen molar-refractivity contribution in [3.8, 4) is 0 Å². The van der Waals surface area contributed by atoms with Crippen LogP contribution >= 0.6 is 0 Å². The van der Waals surface area contributed by atoms with Crippen molar-refractivity contribution in [2.24, 2.45) is 11.8 Å². The zero-order valence-electron chi connectivity index (χ0n) is 26.5. The summed E-state index contributed by atoms with van der Waals surface area (Å²) in [5, 5.41) is 9.51. The van der Waals surface area contributed by atoms with Gasteiger partial charge in [0.25, 0.3) is 5.91 Å². The van der Waals surface area contributed by atoms with Gasteiger partial charge in [-0.1, -0.05) is 30.4 Å². The van der Waals surface area contributed by atoms with E-state index >= 15 is 0 Å². The second kappa shape index (κ2) is 14.0. The summed E-state index contributed by atoms with van der Waals surface area (Å²) < 4.78 is 6.70. The first kappa shape index (κ1) is 32.4. The Morgan fingerprint density at radius 2 is 1.53 bits per heavy atom. The second-order valence-corrected chi connectivity index (χ2v) is 12.0. The largest absolute Gasteiger partial charge is 0.396 e. The van der Waals surface area contributed by atoms with Crippen molar-refractivity contribution in [3.05, 3.63) is 79.9 Å². The van der Waals surface area contributed by atoms with E-state index in [1.165, 1.54) is 0 Å². The number of anilines is 3. The Morgan fingerprint density at radius 3 is 2.13 bits per heavy atom. The number of aliphatic hydroxyl groups excluding tert-OH is 1. The Labute approximate surface area is 266 Å². The third kappa shape index (κ3) is 5.79. The van der Waals surface area contributed by atoms with Crippen molar-refractivity contribution >= 4 is 34.8 Å². The van der Waals surface area contributed by atoms with Crippen molar-refractivity contribution < 1.29 is 24.2 Å². The highest BCUT2D eigenvalue weighted by Crippen LogP contribution is 2.59. The standard InChI is InChI=1S/C36H46N4O5/c1-5-22-38(27-14-10-9-11-15-27)33(42)30-29-20-21-36(45-29)31(30)34(43)40(24-12-13-25-41)32(36)35(44)39(23-6-2)28-18-16-26(17-19-28)37(7-3)8-4/h5-6,9-11,14-19,29-32,41H,1-2,7-8,12-13,20-25H2,3-4H3/t29-,30+,31-,32?,36?/m0/s1. The van der Waals surface area contributed by atoms with Gasteiger partial charge in [-0.25, -0.2) is 0 Å². The Bertz CT molecular complexity index is 1380. The summed E-state index contributed by atoms with van der Waals surface area (Å²) in [6, 6.07) is 16.4. The van der Waals surface area contributed by atoms with E-state index in [4.69, 9.17) is 4.74 Å². The molecule has 5 atom stereocenters. The lowest BCUT2D eigenvalue weighted by atomic mass is 9.70. The summed E-state index contributed by atoms with van der Waals surface area (Å²) >= 11 is 0. The molecule has 3 aliphatic rings. The summed E-state index contributed by atoms with van der Waals surface area (Å²) in [6.45, 7) is 14.6. The highest BCUT2D eigenvalue weighted by molar-refractivity contribution is 6.06. The average molecular weight is 615 g/mol. The molecule has 240 valence electrons. The molecule has 3 aliphatic heterocycles. The molecule has 1 N–H and O–H groups in total. The first-order valence-electron chi connectivity index (χ1n) is 16.2. The molecule has 9 heteroatoms. The number of amides is 3. The molecular formula is C36H46N4O5. The molecule has 2 unspecified atom stereocenters. The molecule has 5 rings (SSSR count). The van der Waals surface area contributed by atoms with Crippen molar-refractivity contribution in [3.63, 3.8) is 0 Å². The number of para-hydroxylation sites is 1. The summed E-state index contributed by atoms with van der Waals surface area (Å²) in [7, 11) is 0. The molecule has 0 saturated carbocycles. The molecule has 3 saturated heterocycles. The van der Waals surface area contributed by atoms with E-state index in [1.54, 1.807) is 26.9 Å². The van der Waals surface area contributed by atoms with Gasteiger partial charge >= 0.3 is 0 Å². The Morgan fingerprint density at radius 1 is 0.933 bits per heavy atom. The van der Waals surface area contributed by atoms with Crippen LogP contribution in [0.15, 0.2) is 79.9 Å². The maximum Gasteiger partial charge on any atom is 0.253 e. The molecular weight excluding hydrogens is 568 g/mol. The fraction of sp³-hybridized carbons (Fsp3) is 0.472. The lowest BCUT2D eigenvalue weighted by Gasteiger charge is -2.37. The predicted molar refractivity (Wildman–Crippen MR) is 177 cm³/mol. The summed E-state index contributed by atoms with van der Waals surface area (Å²) in [6.07, 6.45) is 5.04. The normalized spacial score (nSPS) is 24.8. The number of unbranched alkanes of at least 4 members (excludes halogenated alkanes) is 1. The SMILES string of the molecule is C=CCN(C(=O)C1N(CCCCO)C(=O)[C@@H]2[C@H](C(=O)N(CC=C)c3ccccc3)[C@@H]3CCC12O3)c1ccc(N(CC)CC)cc1. The van der Waals surface area contributed by atoms with E-state index < -0.39 is 29.6 Å². The van der Waals surface area contributed by atoms with E-state index in [2.05, 4.69) is 31.9 Å². The van der Waals surface area contributed by atoms with E-state index in [0.717, 1.165) is 24.5 Å². The van der Waals surface area contributed by atoms with Crippen molar-refractivity contribution in [1.82, 2.24) is 4.90 Å². The molecule has 1 spiro atoms. The maximum atomic E-state index is 14.8. The molecule has 3 fully saturated rings. The molecule has 2 aromatic rings. The molecule has 0 radical (unpaired) electrons. The highest BCUT2D eigenvalue weighted by atomic mass is 16.5. The maximum absolute atomic E-state index is 14.8. The summed E-state index contributed by atoms with van der Waals surface area (Å²) in [5.41, 5.74) is 1.38. The Balaban J connectivity index is 1.52. The smallest absolute Gasteiger partial charge is 0.253 e. The Hall–Kier alpha value is -3.95. The molecule has 0 aromatic heterocycles. The average Bonchev–Trinajstić information content (AvgIpc) is 3.71. The van der Waals surface area contributed by atoms with Crippen LogP contribution in [-0.4, -0.2) is 84.8 Å². The lowest BCUT2D eigenvalue weighted by Crippen LogP contribution is -2.56. The van der Waals surface area contributed by atoms with Crippen LogP contribution < -0.4 is 14.7 Å². The number of hydrogen-bond donors (Lipinski definition) is 1. The molecule has 3 heterocycles. The summed E-state index contributed by atoms with van der Waals surface area (Å²) in [4.78, 5) is 50.7. The number of fused-ring (bicyclic) bond motifs is 1. The van der Waals surface area contributed by atoms with Gasteiger partial charge in [0.1, 0.15) is 11.6 Å². The number of likely N-dealkylation sites (tertiary alicyclic amines) is 1. The summed E-state index contributed by atoms with van der Waals surface area (Å²) in [5.74, 6) is -2.16. The minimum absolute atomic E-state index is 0.00996. The van der Waals surface area contributed by atoms with Crippen molar-refractivity contribution in [1.29, 1.82) is 0 Å². The van der Waals surface area contributed by atoms with Crippen LogP contribution in [0.25, 0.3) is 0 Å². The van der Waals surface area contributed by atoms with Gasteiger partial charge in [0.2, 0.25) is 11.8 Å². The molecule has 2 bridgehead atoms. The van der Waals surface area contributed by atoms with Crippen LogP contribution in [0.5, 0.6) is 0 Å². The topological polar surface area (TPSA) is 93.6 Å². The number of aliphatic hydroxyl groups is 1. The van der Waals surface area contributed by atoms with Gasteiger partial charge in [0, 0.05) is 56.4 Å². The zero-order chi connectivity index (χ0) is 32.1. The first-order valence-corrected chi connectivity index (χ1v) is 16.2. The number of benzene rings is 2. The lowest BCUT2D eigenvalue weighted by molar-refractivity contribution is -0.140. The van der Waals surface area contributed by atoms with Crippen molar-refractivity contribution in [2.45, 2.75) is 57.3 Å². The third-order valence-electron chi connectivity index (χ3n) is 9.64. The zero-order valence-corrected chi connectivity index (χ0v) is 26.5. The number of carbonyl (C=O) groups excluding carboxylic acids is 3. The van der Waals surface area contributed by atoms with Crippen LogP contribution in [0.4, 0.5) is 17.1 Å². The first-order chi connectivity index (χ1) is 21.9. The van der Waals surface area contributed by atoms with Crippen LogP contribution in [0.1, 0.15) is 39.5 Å². The van der Waals surface area contributed by atoms with Crippen LogP contribution in [0.3, 0.4) is 0 Å². The highest BCUT2D eigenvalue weighted by Gasteiger charge is 2.74. The molecule has 9 nitrogen and oxygen atoms in total. The third-order valence-corrected chi connectivity index (χ3v) is 9.64. The monoisotopic (exact) mass is 614 g/mol. The number of rotatable bonds is 15. The number of hydrogen-bond acceptors (Lipinski definition) is 6.